The molecule has 0 aliphatic heterocycles. The van der Waals surface area contributed by atoms with Crippen LogP contribution in [0.15, 0.2) is 24.3 Å². The SMILES string of the molecule is Cc1ccc(OCC(=O)NCC(C)(C)CCO)cc1. The van der Waals surface area contributed by atoms with Gasteiger partial charge in [-0.05, 0) is 30.9 Å². The first kappa shape index (κ1) is 15.5. The monoisotopic (exact) mass is 265 g/mol. The maximum absolute atomic E-state index is 11.6. The van der Waals surface area contributed by atoms with E-state index >= 15 is 0 Å². The summed E-state index contributed by atoms with van der Waals surface area (Å²) in [6.07, 6.45) is 0.659. The molecule has 4 heteroatoms. The molecule has 106 valence electrons. The highest BCUT2D eigenvalue weighted by Gasteiger charge is 2.18. The van der Waals surface area contributed by atoms with Gasteiger partial charge in [-0.1, -0.05) is 31.5 Å². The van der Waals surface area contributed by atoms with E-state index in [1.165, 1.54) is 0 Å². The summed E-state index contributed by atoms with van der Waals surface area (Å²) in [5.74, 6) is 0.543. The Balaban J connectivity index is 2.30. The van der Waals surface area contributed by atoms with Gasteiger partial charge in [0.2, 0.25) is 0 Å². The Labute approximate surface area is 114 Å². The van der Waals surface area contributed by atoms with E-state index in [0.29, 0.717) is 18.7 Å². The quantitative estimate of drug-likeness (QED) is 0.791. The van der Waals surface area contributed by atoms with Gasteiger partial charge >= 0.3 is 0 Å². The fourth-order valence-corrected chi connectivity index (χ4v) is 1.56. The molecule has 19 heavy (non-hydrogen) atoms. The van der Waals surface area contributed by atoms with Crippen molar-refractivity contribution < 1.29 is 14.6 Å². The highest BCUT2D eigenvalue weighted by Crippen LogP contribution is 2.17. The second-order valence-corrected chi connectivity index (χ2v) is 5.52. The zero-order valence-electron chi connectivity index (χ0n) is 11.9. The van der Waals surface area contributed by atoms with Crippen molar-refractivity contribution >= 4 is 5.91 Å². The Morgan fingerprint density at radius 2 is 1.95 bits per heavy atom. The van der Waals surface area contributed by atoms with E-state index in [1.807, 2.05) is 45.0 Å². The molecular formula is C15H23NO3. The molecule has 1 rings (SSSR count). The van der Waals surface area contributed by atoms with Crippen molar-refractivity contribution in [3.63, 3.8) is 0 Å². The molecule has 0 fully saturated rings. The first-order chi connectivity index (χ1) is 8.93. The smallest absolute Gasteiger partial charge is 0.257 e. The average molecular weight is 265 g/mol. The summed E-state index contributed by atoms with van der Waals surface area (Å²) in [7, 11) is 0. The number of hydrogen-bond donors (Lipinski definition) is 2. The number of aliphatic hydroxyl groups excluding tert-OH is 1. The number of aliphatic hydroxyl groups is 1. The highest BCUT2D eigenvalue weighted by molar-refractivity contribution is 5.77. The summed E-state index contributed by atoms with van der Waals surface area (Å²) in [4.78, 5) is 11.6. The normalized spacial score (nSPS) is 11.2. The number of ether oxygens (including phenoxy) is 1. The molecule has 0 aliphatic rings. The molecule has 2 N–H and O–H groups in total. The first-order valence-electron chi connectivity index (χ1n) is 6.50. The third-order valence-electron chi connectivity index (χ3n) is 2.94. The molecule has 0 bridgehead atoms. The minimum absolute atomic E-state index is 0.0122. The van der Waals surface area contributed by atoms with Crippen molar-refractivity contribution in [3.8, 4) is 5.75 Å². The topological polar surface area (TPSA) is 58.6 Å². The summed E-state index contributed by atoms with van der Waals surface area (Å²) in [5, 5.41) is 11.7. The number of hydrogen-bond acceptors (Lipinski definition) is 3. The van der Waals surface area contributed by atoms with Gasteiger partial charge < -0.3 is 15.2 Å². The largest absolute Gasteiger partial charge is 0.484 e. The van der Waals surface area contributed by atoms with Gasteiger partial charge in [-0.15, -0.1) is 0 Å². The molecule has 0 unspecified atom stereocenters. The summed E-state index contributed by atoms with van der Waals surface area (Å²) >= 11 is 0. The molecule has 0 aliphatic carbocycles. The number of aryl methyl sites for hydroxylation is 1. The van der Waals surface area contributed by atoms with Crippen molar-refractivity contribution in [2.75, 3.05) is 19.8 Å². The number of rotatable bonds is 7. The fourth-order valence-electron chi connectivity index (χ4n) is 1.56. The number of amides is 1. The van der Waals surface area contributed by atoms with Crippen LogP contribution in [0.2, 0.25) is 0 Å². The van der Waals surface area contributed by atoms with E-state index in [-0.39, 0.29) is 24.5 Å². The van der Waals surface area contributed by atoms with Crippen molar-refractivity contribution in [3.05, 3.63) is 29.8 Å². The molecule has 1 aromatic carbocycles. The minimum atomic E-state index is -0.147. The lowest BCUT2D eigenvalue weighted by Gasteiger charge is -2.23. The molecule has 0 saturated carbocycles. The predicted molar refractivity (Wildman–Crippen MR) is 75.2 cm³/mol. The van der Waals surface area contributed by atoms with Gasteiger partial charge in [0.15, 0.2) is 6.61 Å². The lowest BCUT2D eigenvalue weighted by atomic mass is 9.90. The summed E-state index contributed by atoms with van der Waals surface area (Å²) < 4.78 is 5.39. The molecule has 1 amide bonds. The first-order valence-corrected chi connectivity index (χ1v) is 6.50. The summed E-state index contributed by atoms with van der Waals surface area (Å²) in [6, 6.07) is 7.58. The molecule has 0 radical (unpaired) electrons. The zero-order valence-corrected chi connectivity index (χ0v) is 11.9. The number of carbonyl (C=O) groups excluding carboxylic acids is 1. The van der Waals surface area contributed by atoms with E-state index in [9.17, 15) is 4.79 Å². The second kappa shape index (κ2) is 7.14. The van der Waals surface area contributed by atoms with Gasteiger partial charge in [0.25, 0.3) is 5.91 Å². The van der Waals surface area contributed by atoms with Crippen LogP contribution in [-0.4, -0.2) is 30.8 Å². The Kier molecular flexibility index (Phi) is 5.83. The molecule has 4 nitrogen and oxygen atoms in total. The maximum atomic E-state index is 11.6. The molecular weight excluding hydrogens is 242 g/mol. The number of benzene rings is 1. The van der Waals surface area contributed by atoms with Crippen molar-refractivity contribution in [1.82, 2.24) is 5.32 Å². The van der Waals surface area contributed by atoms with E-state index in [0.717, 1.165) is 5.56 Å². The zero-order chi connectivity index (χ0) is 14.3. The van der Waals surface area contributed by atoms with E-state index in [1.54, 1.807) is 0 Å². The van der Waals surface area contributed by atoms with Crippen molar-refractivity contribution in [2.45, 2.75) is 27.2 Å². The summed E-state index contributed by atoms with van der Waals surface area (Å²) in [5.41, 5.74) is 1.05. The van der Waals surface area contributed by atoms with Crippen LogP contribution in [0.25, 0.3) is 0 Å². The molecule has 0 heterocycles. The third kappa shape index (κ3) is 6.25. The second-order valence-electron chi connectivity index (χ2n) is 5.52. The summed E-state index contributed by atoms with van der Waals surface area (Å²) in [6.45, 7) is 6.68. The standard InChI is InChI=1S/C15H23NO3/c1-12-4-6-13(7-5-12)19-10-14(18)16-11-15(2,3)8-9-17/h4-7,17H,8-11H2,1-3H3,(H,16,18). The van der Waals surface area contributed by atoms with Gasteiger partial charge in [-0.25, -0.2) is 0 Å². The van der Waals surface area contributed by atoms with Crippen LogP contribution >= 0.6 is 0 Å². The Bertz CT molecular complexity index is 398. The molecule has 0 spiro atoms. The molecule has 0 atom stereocenters. The third-order valence-corrected chi connectivity index (χ3v) is 2.94. The van der Waals surface area contributed by atoms with E-state index in [4.69, 9.17) is 9.84 Å². The number of nitrogens with one attached hydrogen (secondary N) is 1. The maximum Gasteiger partial charge on any atom is 0.257 e. The predicted octanol–water partition coefficient (Wildman–Crippen LogP) is 1.90. The minimum Gasteiger partial charge on any atom is -0.484 e. The van der Waals surface area contributed by atoms with Crippen molar-refractivity contribution in [1.29, 1.82) is 0 Å². The van der Waals surface area contributed by atoms with Crippen LogP contribution in [0, 0.1) is 12.3 Å². The van der Waals surface area contributed by atoms with Gasteiger partial charge in [0.05, 0.1) is 0 Å². The molecule has 0 saturated heterocycles. The van der Waals surface area contributed by atoms with E-state index < -0.39 is 0 Å². The fraction of sp³-hybridized carbons (Fsp3) is 0.533. The average Bonchev–Trinajstić information content (AvgIpc) is 2.36. The van der Waals surface area contributed by atoms with Crippen LogP contribution in [0.5, 0.6) is 5.75 Å². The molecule has 0 aromatic heterocycles. The van der Waals surface area contributed by atoms with Gasteiger partial charge in [0.1, 0.15) is 5.75 Å². The van der Waals surface area contributed by atoms with Gasteiger partial charge in [-0.2, -0.15) is 0 Å². The number of carbonyl (C=O) groups is 1. The van der Waals surface area contributed by atoms with Crippen molar-refractivity contribution in [2.24, 2.45) is 5.41 Å². The van der Waals surface area contributed by atoms with Gasteiger partial charge in [-0.3, -0.25) is 4.79 Å². The van der Waals surface area contributed by atoms with Gasteiger partial charge in [0, 0.05) is 13.2 Å². The Hall–Kier alpha value is -1.55. The van der Waals surface area contributed by atoms with Crippen LogP contribution in [0.1, 0.15) is 25.8 Å². The highest BCUT2D eigenvalue weighted by atomic mass is 16.5. The Morgan fingerprint density at radius 1 is 1.32 bits per heavy atom. The lowest BCUT2D eigenvalue weighted by Crippen LogP contribution is -2.37. The van der Waals surface area contributed by atoms with Crippen LogP contribution < -0.4 is 10.1 Å². The molecule has 1 aromatic rings. The van der Waals surface area contributed by atoms with Crippen LogP contribution in [0.3, 0.4) is 0 Å². The van der Waals surface area contributed by atoms with Crippen LogP contribution in [0.4, 0.5) is 0 Å². The Morgan fingerprint density at radius 3 is 2.53 bits per heavy atom. The van der Waals surface area contributed by atoms with E-state index in [2.05, 4.69) is 5.32 Å². The van der Waals surface area contributed by atoms with Crippen LogP contribution in [-0.2, 0) is 4.79 Å². The lowest BCUT2D eigenvalue weighted by molar-refractivity contribution is -0.123.